The molecule has 0 amide bonds. The number of nitrogens with two attached hydrogens (primary N) is 1. The molecule has 5 nitrogen and oxygen atoms in total. The summed E-state index contributed by atoms with van der Waals surface area (Å²) in [5, 5.41) is 0.497. The molecule has 19 heavy (non-hydrogen) atoms. The van der Waals surface area contributed by atoms with Gasteiger partial charge in [0.15, 0.2) is 0 Å². The molecule has 1 saturated carbocycles. The molecule has 0 radical (unpaired) electrons. The second kappa shape index (κ2) is 6.30. The van der Waals surface area contributed by atoms with E-state index in [0.29, 0.717) is 11.0 Å². The topological polar surface area (TPSA) is 85.3 Å². The van der Waals surface area contributed by atoms with Gasteiger partial charge in [-0.2, -0.15) is 11.8 Å². The van der Waals surface area contributed by atoms with Crippen LogP contribution in [0.25, 0.3) is 0 Å². The summed E-state index contributed by atoms with van der Waals surface area (Å²) in [6.07, 6.45) is 6.07. The molecule has 1 aromatic heterocycles. The van der Waals surface area contributed by atoms with E-state index in [1.54, 1.807) is 17.8 Å². The van der Waals surface area contributed by atoms with Crippen LogP contribution in [0.15, 0.2) is 21.6 Å². The van der Waals surface area contributed by atoms with Crippen LogP contribution < -0.4 is 10.5 Å². The van der Waals surface area contributed by atoms with Crippen LogP contribution >= 0.6 is 11.8 Å². The molecule has 1 heterocycles. The second-order valence-corrected chi connectivity index (χ2v) is 7.55. The Balaban J connectivity index is 2.04. The third-order valence-corrected chi connectivity index (χ3v) is 5.87. The summed E-state index contributed by atoms with van der Waals surface area (Å²) >= 11 is 1.80. The van der Waals surface area contributed by atoms with Crippen molar-refractivity contribution in [3.8, 4) is 0 Å². The third kappa shape index (κ3) is 3.75. The Kier molecular flexibility index (Phi) is 4.94. The zero-order chi connectivity index (χ0) is 13.9. The fourth-order valence-corrected chi connectivity index (χ4v) is 4.42. The number of hydrogen-bond acceptors (Lipinski definition) is 5. The molecule has 1 aliphatic carbocycles. The first kappa shape index (κ1) is 14.9. The first-order chi connectivity index (χ1) is 9.05. The highest BCUT2D eigenvalue weighted by atomic mass is 32.2. The summed E-state index contributed by atoms with van der Waals surface area (Å²) in [7, 11) is -3.56. The van der Waals surface area contributed by atoms with Crippen molar-refractivity contribution in [1.29, 1.82) is 0 Å². The highest BCUT2D eigenvalue weighted by Gasteiger charge is 2.27. The van der Waals surface area contributed by atoms with Crippen LogP contribution in [-0.4, -0.2) is 26.0 Å². The Hall–Kier alpha value is -0.500. The van der Waals surface area contributed by atoms with Gasteiger partial charge in [0.2, 0.25) is 5.09 Å². The lowest BCUT2D eigenvalue weighted by Crippen LogP contribution is -2.38. The van der Waals surface area contributed by atoms with Gasteiger partial charge in [-0.1, -0.05) is 6.42 Å². The summed E-state index contributed by atoms with van der Waals surface area (Å²) in [5.74, 6) is 0.478. The van der Waals surface area contributed by atoms with Gasteiger partial charge in [-0.25, -0.2) is 13.1 Å². The summed E-state index contributed by atoms with van der Waals surface area (Å²) in [4.78, 5) is 0. The van der Waals surface area contributed by atoms with E-state index >= 15 is 0 Å². The van der Waals surface area contributed by atoms with Gasteiger partial charge in [-0.3, -0.25) is 0 Å². The maximum Gasteiger partial charge on any atom is 0.274 e. The second-order valence-electron chi connectivity index (χ2n) is 4.77. The standard InChI is InChI=1S/C12H20N2O3S2/c1-18-11-4-2-3-9(7-11)14-19(15,16)12-6-5-10(8-13)17-12/h5-6,9,11,14H,2-4,7-8,13H2,1H3. The molecule has 0 saturated heterocycles. The molecule has 1 aromatic rings. The number of hydrogen-bond donors (Lipinski definition) is 2. The lowest BCUT2D eigenvalue weighted by molar-refractivity contribution is 0.393. The Morgan fingerprint density at radius 3 is 2.89 bits per heavy atom. The number of nitrogens with one attached hydrogen (secondary N) is 1. The zero-order valence-corrected chi connectivity index (χ0v) is 12.6. The number of furan rings is 1. The van der Waals surface area contributed by atoms with Crippen molar-refractivity contribution in [2.24, 2.45) is 5.73 Å². The van der Waals surface area contributed by atoms with Crippen molar-refractivity contribution in [3.63, 3.8) is 0 Å². The van der Waals surface area contributed by atoms with Gasteiger partial charge in [-0.15, -0.1) is 0 Å². The van der Waals surface area contributed by atoms with Gasteiger partial charge in [-0.05, 0) is 37.7 Å². The molecule has 1 aliphatic rings. The average molecular weight is 304 g/mol. The van der Waals surface area contributed by atoms with Crippen molar-refractivity contribution in [3.05, 3.63) is 17.9 Å². The molecule has 2 rings (SSSR count). The smallest absolute Gasteiger partial charge is 0.274 e. The summed E-state index contributed by atoms with van der Waals surface area (Å²) in [6, 6.07) is 3.06. The van der Waals surface area contributed by atoms with Gasteiger partial charge in [0.1, 0.15) is 5.76 Å². The van der Waals surface area contributed by atoms with Crippen molar-refractivity contribution in [2.45, 2.75) is 48.6 Å². The van der Waals surface area contributed by atoms with Crippen molar-refractivity contribution >= 4 is 21.8 Å². The van der Waals surface area contributed by atoms with Crippen molar-refractivity contribution in [1.82, 2.24) is 4.72 Å². The van der Waals surface area contributed by atoms with Crippen LogP contribution in [0.4, 0.5) is 0 Å². The van der Waals surface area contributed by atoms with E-state index in [2.05, 4.69) is 11.0 Å². The molecule has 7 heteroatoms. The molecule has 0 spiro atoms. The van der Waals surface area contributed by atoms with Crippen LogP contribution in [0, 0.1) is 0 Å². The molecular weight excluding hydrogens is 284 g/mol. The van der Waals surface area contributed by atoms with Gasteiger partial charge in [0.05, 0.1) is 6.54 Å². The van der Waals surface area contributed by atoms with E-state index in [-0.39, 0.29) is 17.7 Å². The van der Waals surface area contributed by atoms with Gasteiger partial charge in [0, 0.05) is 11.3 Å². The molecule has 0 bridgehead atoms. The Morgan fingerprint density at radius 1 is 1.47 bits per heavy atom. The summed E-state index contributed by atoms with van der Waals surface area (Å²) in [5.41, 5.74) is 5.42. The van der Waals surface area contributed by atoms with Gasteiger partial charge >= 0.3 is 0 Å². The first-order valence-corrected chi connectivity index (χ1v) is 9.16. The highest BCUT2D eigenvalue weighted by molar-refractivity contribution is 7.99. The monoisotopic (exact) mass is 304 g/mol. The number of thioether (sulfide) groups is 1. The minimum absolute atomic E-state index is 0.00243. The molecular formula is C12H20N2O3S2. The van der Waals surface area contributed by atoms with Crippen LogP contribution in [0.5, 0.6) is 0 Å². The van der Waals surface area contributed by atoms with Crippen LogP contribution in [-0.2, 0) is 16.6 Å². The van der Waals surface area contributed by atoms with Gasteiger partial charge in [0.25, 0.3) is 10.0 Å². The number of sulfonamides is 1. The van der Waals surface area contributed by atoms with Crippen LogP contribution in [0.1, 0.15) is 31.4 Å². The predicted molar refractivity (Wildman–Crippen MR) is 76.5 cm³/mol. The molecule has 0 aliphatic heterocycles. The Morgan fingerprint density at radius 2 is 2.26 bits per heavy atom. The van der Waals surface area contributed by atoms with Crippen LogP contribution in [0.2, 0.25) is 0 Å². The Bertz CT molecular complexity index is 513. The zero-order valence-electron chi connectivity index (χ0n) is 11.0. The SMILES string of the molecule is CSC1CCCC(NS(=O)(=O)c2ccc(CN)o2)C1. The van der Waals surface area contributed by atoms with Crippen LogP contribution in [0.3, 0.4) is 0 Å². The van der Waals surface area contributed by atoms with Crippen molar-refractivity contribution < 1.29 is 12.8 Å². The Labute approximate surface area is 118 Å². The number of rotatable bonds is 5. The molecule has 3 N–H and O–H groups in total. The maximum absolute atomic E-state index is 12.2. The summed E-state index contributed by atoms with van der Waals surface area (Å²) < 4.78 is 32.3. The normalized spacial score (nSPS) is 24.5. The summed E-state index contributed by atoms with van der Waals surface area (Å²) in [6.45, 7) is 0.202. The molecule has 108 valence electrons. The quantitative estimate of drug-likeness (QED) is 0.864. The van der Waals surface area contributed by atoms with E-state index in [0.717, 1.165) is 25.7 Å². The minimum Gasteiger partial charge on any atom is -0.447 e. The van der Waals surface area contributed by atoms with E-state index in [1.807, 2.05) is 0 Å². The highest BCUT2D eigenvalue weighted by Crippen LogP contribution is 2.28. The predicted octanol–water partition coefficient (Wildman–Crippen LogP) is 1.69. The van der Waals surface area contributed by atoms with E-state index in [1.165, 1.54) is 6.07 Å². The van der Waals surface area contributed by atoms with Gasteiger partial charge < -0.3 is 10.2 Å². The van der Waals surface area contributed by atoms with Crippen molar-refractivity contribution in [2.75, 3.05) is 6.26 Å². The lowest BCUT2D eigenvalue weighted by atomic mass is 9.96. The van der Waals surface area contributed by atoms with E-state index in [9.17, 15) is 8.42 Å². The molecule has 0 aromatic carbocycles. The minimum atomic E-state index is -3.56. The fourth-order valence-electron chi connectivity index (χ4n) is 2.36. The lowest BCUT2D eigenvalue weighted by Gasteiger charge is -2.28. The van der Waals surface area contributed by atoms with E-state index < -0.39 is 10.0 Å². The molecule has 2 atom stereocenters. The largest absolute Gasteiger partial charge is 0.447 e. The average Bonchev–Trinajstić information content (AvgIpc) is 2.88. The van der Waals surface area contributed by atoms with E-state index in [4.69, 9.17) is 10.2 Å². The first-order valence-electron chi connectivity index (χ1n) is 6.39. The third-order valence-electron chi connectivity index (χ3n) is 3.38. The molecule has 1 fully saturated rings. The maximum atomic E-state index is 12.2. The molecule has 2 unspecified atom stereocenters. The fraction of sp³-hybridized carbons (Fsp3) is 0.667.